The third-order valence-corrected chi connectivity index (χ3v) is 2.97. The predicted molar refractivity (Wildman–Crippen MR) is 67.0 cm³/mol. The number of benzene rings is 1. The fourth-order valence-electron chi connectivity index (χ4n) is 1.82. The molecule has 1 aromatic rings. The Morgan fingerprint density at radius 3 is 2.42 bits per heavy atom. The monoisotopic (exact) mass is 261 g/mol. The van der Waals surface area contributed by atoms with Gasteiger partial charge in [-0.25, -0.2) is 4.79 Å². The van der Waals surface area contributed by atoms with E-state index in [4.69, 9.17) is 4.84 Å². The van der Waals surface area contributed by atoms with Gasteiger partial charge < -0.3 is 4.84 Å². The summed E-state index contributed by atoms with van der Waals surface area (Å²) in [6.07, 6.45) is 0.191. The molecule has 0 saturated carbocycles. The molecule has 100 valence electrons. The van der Waals surface area contributed by atoms with Crippen LogP contribution in [-0.4, -0.2) is 22.8 Å². The Kier molecular flexibility index (Phi) is 3.64. The lowest BCUT2D eigenvalue weighted by molar-refractivity contribution is -0.172. The van der Waals surface area contributed by atoms with Crippen molar-refractivity contribution in [2.45, 2.75) is 32.6 Å². The van der Waals surface area contributed by atoms with Crippen molar-refractivity contribution < 1.29 is 19.2 Å². The van der Waals surface area contributed by atoms with E-state index in [1.54, 1.807) is 18.2 Å². The van der Waals surface area contributed by atoms with Crippen molar-refractivity contribution in [1.82, 2.24) is 5.06 Å². The van der Waals surface area contributed by atoms with Gasteiger partial charge >= 0.3 is 5.97 Å². The summed E-state index contributed by atoms with van der Waals surface area (Å²) in [6.45, 7) is 4.02. The van der Waals surface area contributed by atoms with Gasteiger partial charge in [-0.2, -0.15) is 0 Å². The first-order valence-electron chi connectivity index (χ1n) is 6.17. The molecule has 0 spiro atoms. The SMILES string of the molecule is CC(C)c1cccc(C(=O)ON2C(=O)CCC2=O)c1. The second-order valence-corrected chi connectivity index (χ2v) is 4.74. The fraction of sp³-hybridized carbons (Fsp3) is 0.357. The minimum atomic E-state index is -0.689. The molecule has 1 aliphatic rings. The number of hydroxylamine groups is 2. The lowest BCUT2D eigenvalue weighted by Crippen LogP contribution is -2.32. The van der Waals surface area contributed by atoms with Crippen molar-refractivity contribution in [3.63, 3.8) is 0 Å². The van der Waals surface area contributed by atoms with Crippen LogP contribution in [0, 0.1) is 0 Å². The van der Waals surface area contributed by atoms with E-state index < -0.39 is 17.8 Å². The maximum atomic E-state index is 11.9. The topological polar surface area (TPSA) is 63.7 Å². The molecule has 1 aliphatic heterocycles. The summed E-state index contributed by atoms with van der Waals surface area (Å²) in [5, 5.41) is 0.560. The van der Waals surface area contributed by atoms with Gasteiger partial charge in [0, 0.05) is 12.8 Å². The standard InChI is InChI=1S/C14H15NO4/c1-9(2)10-4-3-5-11(8-10)14(18)19-15-12(16)6-7-13(15)17/h3-5,8-9H,6-7H2,1-2H3. The Morgan fingerprint density at radius 1 is 1.21 bits per heavy atom. The molecule has 0 unspecified atom stereocenters. The van der Waals surface area contributed by atoms with Crippen LogP contribution in [-0.2, 0) is 14.4 Å². The molecule has 1 fully saturated rings. The number of hydrogen-bond acceptors (Lipinski definition) is 4. The molecule has 0 radical (unpaired) electrons. The first kappa shape index (κ1) is 13.3. The van der Waals surface area contributed by atoms with Gasteiger partial charge in [-0.1, -0.05) is 26.0 Å². The van der Waals surface area contributed by atoms with E-state index in [1.807, 2.05) is 19.9 Å². The summed E-state index contributed by atoms with van der Waals surface area (Å²) in [7, 11) is 0. The molecule has 0 atom stereocenters. The first-order chi connectivity index (χ1) is 8.99. The summed E-state index contributed by atoms with van der Waals surface area (Å²) in [5.41, 5.74) is 1.33. The van der Waals surface area contributed by atoms with Crippen LogP contribution >= 0.6 is 0 Å². The molecule has 19 heavy (non-hydrogen) atoms. The summed E-state index contributed by atoms with van der Waals surface area (Å²) in [6, 6.07) is 6.96. The largest absolute Gasteiger partial charge is 0.363 e. The second-order valence-electron chi connectivity index (χ2n) is 4.74. The predicted octanol–water partition coefficient (Wildman–Crippen LogP) is 2.03. The molecule has 5 nitrogen and oxygen atoms in total. The van der Waals surface area contributed by atoms with E-state index in [2.05, 4.69) is 0 Å². The summed E-state index contributed by atoms with van der Waals surface area (Å²) >= 11 is 0. The smallest absolute Gasteiger partial charge is 0.325 e. The second kappa shape index (κ2) is 5.22. The molecule has 1 aromatic carbocycles. The molecule has 0 aromatic heterocycles. The van der Waals surface area contributed by atoms with Crippen LogP contribution in [0.1, 0.15) is 48.5 Å². The van der Waals surface area contributed by atoms with Gasteiger partial charge in [-0.05, 0) is 23.6 Å². The van der Waals surface area contributed by atoms with E-state index in [0.29, 0.717) is 10.6 Å². The highest BCUT2D eigenvalue weighted by Crippen LogP contribution is 2.18. The van der Waals surface area contributed by atoms with E-state index in [9.17, 15) is 14.4 Å². The van der Waals surface area contributed by atoms with Crippen LogP contribution in [0.4, 0.5) is 0 Å². The Balaban J connectivity index is 2.14. The highest BCUT2D eigenvalue weighted by atomic mass is 16.7. The molecular formula is C14H15NO4. The normalized spacial score (nSPS) is 15.2. The van der Waals surface area contributed by atoms with Crippen LogP contribution in [0.5, 0.6) is 0 Å². The molecule has 5 heteroatoms. The van der Waals surface area contributed by atoms with Crippen molar-refractivity contribution >= 4 is 17.8 Å². The molecule has 2 rings (SSSR count). The number of carbonyl (C=O) groups excluding carboxylic acids is 3. The molecular weight excluding hydrogens is 246 g/mol. The van der Waals surface area contributed by atoms with Crippen molar-refractivity contribution in [1.29, 1.82) is 0 Å². The van der Waals surface area contributed by atoms with E-state index in [1.165, 1.54) is 0 Å². The zero-order valence-electron chi connectivity index (χ0n) is 10.9. The van der Waals surface area contributed by atoms with E-state index >= 15 is 0 Å². The van der Waals surface area contributed by atoms with Crippen LogP contribution < -0.4 is 0 Å². The Morgan fingerprint density at radius 2 is 1.84 bits per heavy atom. The number of hydrogen-bond donors (Lipinski definition) is 0. The average molecular weight is 261 g/mol. The number of rotatable bonds is 3. The third-order valence-electron chi connectivity index (χ3n) is 2.97. The number of carbonyl (C=O) groups is 3. The number of nitrogens with zero attached hydrogens (tertiary/aromatic N) is 1. The van der Waals surface area contributed by atoms with Gasteiger partial charge in [-0.15, -0.1) is 5.06 Å². The molecule has 0 aliphatic carbocycles. The molecule has 0 N–H and O–H groups in total. The van der Waals surface area contributed by atoms with Crippen molar-refractivity contribution in [2.24, 2.45) is 0 Å². The molecule has 2 amide bonds. The summed E-state index contributed by atoms with van der Waals surface area (Å²) in [5.74, 6) is -1.36. The fourth-order valence-corrected chi connectivity index (χ4v) is 1.82. The Bertz CT molecular complexity index is 520. The van der Waals surface area contributed by atoms with Crippen molar-refractivity contribution in [2.75, 3.05) is 0 Å². The maximum Gasteiger partial charge on any atom is 0.363 e. The maximum absolute atomic E-state index is 11.9. The van der Waals surface area contributed by atoms with Crippen LogP contribution in [0.2, 0.25) is 0 Å². The van der Waals surface area contributed by atoms with E-state index in [0.717, 1.165) is 5.56 Å². The van der Waals surface area contributed by atoms with Crippen LogP contribution in [0.3, 0.4) is 0 Å². The highest BCUT2D eigenvalue weighted by molar-refractivity contribution is 6.02. The van der Waals surface area contributed by atoms with Gasteiger partial charge in [0.05, 0.1) is 5.56 Å². The quantitative estimate of drug-likeness (QED) is 0.781. The Labute approximate surface area is 111 Å². The third kappa shape index (κ3) is 2.81. The molecule has 0 bridgehead atoms. The zero-order chi connectivity index (χ0) is 14.0. The number of amides is 2. The van der Waals surface area contributed by atoms with Crippen LogP contribution in [0.15, 0.2) is 24.3 Å². The summed E-state index contributed by atoms with van der Waals surface area (Å²) in [4.78, 5) is 39.5. The minimum absolute atomic E-state index is 0.0954. The van der Waals surface area contributed by atoms with E-state index in [-0.39, 0.29) is 18.8 Å². The van der Waals surface area contributed by atoms with Crippen molar-refractivity contribution in [3.05, 3.63) is 35.4 Å². The molecule has 1 heterocycles. The number of imide groups is 1. The van der Waals surface area contributed by atoms with Crippen molar-refractivity contribution in [3.8, 4) is 0 Å². The summed E-state index contributed by atoms with van der Waals surface area (Å²) < 4.78 is 0. The minimum Gasteiger partial charge on any atom is -0.325 e. The average Bonchev–Trinajstić information content (AvgIpc) is 2.70. The zero-order valence-corrected chi connectivity index (χ0v) is 10.9. The van der Waals surface area contributed by atoms with Gasteiger partial charge in [0.2, 0.25) is 0 Å². The molecule has 1 saturated heterocycles. The van der Waals surface area contributed by atoms with Gasteiger partial charge in [0.1, 0.15) is 0 Å². The highest BCUT2D eigenvalue weighted by Gasteiger charge is 2.33. The van der Waals surface area contributed by atoms with Gasteiger partial charge in [0.25, 0.3) is 11.8 Å². The van der Waals surface area contributed by atoms with Gasteiger partial charge in [-0.3, -0.25) is 9.59 Å². The Hall–Kier alpha value is -2.17. The van der Waals surface area contributed by atoms with Crippen LogP contribution in [0.25, 0.3) is 0 Å². The lowest BCUT2D eigenvalue weighted by Gasteiger charge is -2.13. The first-order valence-corrected chi connectivity index (χ1v) is 6.17. The lowest BCUT2D eigenvalue weighted by atomic mass is 10.0. The van der Waals surface area contributed by atoms with Gasteiger partial charge in [0.15, 0.2) is 0 Å².